The third kappa shape index (κ3) is 3.28. The Labute approximate surface area is 103 Å². The van der Waals surface area contributed by atoms with Crippen molar-refractivity contribution < 1.29 is 9.84 Å². The Kier molecular flexibility index (Phi) is 5.26. The third-order valence-corrected chi connectivity index (χ3v) is 4.18. The zero-order chi connectivity index (χ0) is 11.4. The highest BCUT2D eigenvalue weighted by molar-refractivity contribution is 9.10. The fourth-order valence-corrected chi connectivity index (χ4v) is 3.13. The van der Waals surface area contributed by atoms with Crippen molar-refractivity contribution in [2.75, 3.05) is 6.61 Å². The lowest BCUT2D eigenvalue weighted by molar-refractivity contribution is -0.0573. The summed E-state index contributed by atoms with van der Waals surface area (Å²) in [6, 6.07) is 1.95. The van der Waals surface area contributed by atoms with Crippen LogP contribution in [0.4, 0.5) is 0 Å². The zero-order valence-corrected chi connectivity index (χ0v) is 11.6. The minimum absolute atomic E-state index is 0.134. The molecule has 2 nitrogen and oxygen atoms in total. The molecule has 1 rings (SSSR count). The smallest absolute Gasteiger partial charge is 0.116 e. The van der Waals surface area contributed by atoms with Crippen molar-refractivity contribution in [2.45, 2.75) is 33.0 Å². The molecular formula is C11H17BrO2S. The van der Waals surface area contributed by atoms with E-state index in [0.717, 1.165) is 9.35 Å². The van der Waals surface area contributed by atoms with Crippen LogP contribution in [0, 0.1) is 5.92 Å². The Morgan fingerprint density at radius 3 is 2.60 bits per heavy atom. The van der Waals surface area contributed by atoms with Gasteiger partial charge in [-0.05, 0) is 40.2 Å². The third-order valence-electron chi connectivity index (χ3n) is 2.24. The Balaban J connectivity index is 2.80. The van der Waals surface area contributed by atoms with Crippen molar-refractivity contribution in [3.63, 3.8) is 0 Å². The molecule has 1 heterocycles. The molecule has 0 bridgehead atoms. The van der Waals surface area contributed by atoms with Crippen LogP contribution in [0.3, 0.4) is 0 Å². The molecule has 0 fully saturated rings. The predicted octanol–water partition coefficient (Wildman–Crippen LogP) is 3.61. The van der Waals surface area contributed by atoms with Gasteiger partial charge < -0.3 is 9.84 Å². The normalized spacial score (nSPS) is 15.6. The van der Waals surface area contributed by atoms with Gasteiger partial charge in [-0.1, -0.05) is 13.8 Å². The van der Waals surface area contributed by atoms with Crippen molar-refractivity contribution in [3.8, 4) is 0 Å². The zero-order valence-electron chi connectivity index (χ0n) is 9.24. The number of hydrogen-bond donors (Lipinski definition) is 1. The molecule has 1 N–H and O–H groups in total. The molecule has 0 spiro atoms. The lowest BCUT2D eigenvalue weighted by Crippen LogP contribution is -2.27. The molecule has 1 aromatic rings. The molecule has 0 saturated carbocycles. The molecule has 2 atom stereocenters. The van der Waals surface area contributed by atoms with Crippen LogP contribution in [0.1, 0.15) is 31.8 Å². The van der Waals surface area contributed by atoms with Gasteiger partial charge in [0.25, 0.3) is 0 Å². The van der Waals surface area contributed by atoms with E-state index >= 15 is 0 Å². The van der Waals surface area contributed by atoms with Crippen molar-refractivity contribution in [3.05, 3.63) is 20.8 Å². The summed E-state index contributed by atoms with van der Waals surface area (Å²) in [5.74, 6) is 0.300. The van der Waals surface area contributed by atoms with Crippen LogP contribution in [0.25, 0.3) is 0 Å². The second-order valence-electron chi connectivity index (χ2n) is 3.74. The largest absolute Gasteiger partial charge is 0.385 e. The molecule has 0 aromatic carbocycles. The van der Waals surface area contributed by atoms with Crippen LogP contribution in [0.15, 0.2) is 15.9 Å². The molecule has 1 aromatic heterocycles. The second kappa shape index (κ2) is 5.99. The van der Waals surface area contributed by atoms with Crippen molar-refractivity contribution in [1.82, 2.24) is 0 Å². The first-order valence-corrected chi connectivity index (χ1v) is 6.77. The van der Waals surface area contributed by atoms with Gasteiger partial charge in [0.2, 0.25) is 0 Å². The van der Waals surface area contributed by atoms with Gasteiger partial charge in [0, 0.05) is 16.0 Å². The average Bonchev–Trinajstić information content (AvgIpc) is 2.59. The summed E-state index contributed by atoms with van der Waals surface area (Å²) in [4.78, 5) is 0.946. The maximum atomic E-state index is 10.2. The van der Waals surface area contributed by atoms with E-state index in [0.29, 0.717) is 12.5 Å². The molecule has 2 unspecified atom stereocenters. The van der Waals surface area contributed by atoms with Gasteiger partial charge >= 0.3 is 0 Å². The van der Waals surface area contributed by atoms with Crippen LogP contribution in [0.2, 0.25) is 0 Å². The van der Waals surface area contributed by atoms with Crippen LogP contribution < -0.4 is 0 Å². The maximum Gasteiger partial charge on any atom is 0.116 e. The summed E-state index contributed by atoms with van der Waals surface area (Å²) < 4.78 is 6.54. The molecule has 15 heavy (non-hydrogen) atoms. The topological polar surface area (TPSA) is 29.5 Å². The Bertz CT molecular complexity index is 299. The monoisotopic (exact) mass is 292 g/mol. The van der Waals surface area contributed by atoms with Crippen LogP contribution in [0.5, 0.6) is 0 Å². The van der Waals surface area contributed by atoms with Crippen LogP contribution in [-0.4, -0.2) is 17.8 Å². The van der Waals surface area contributed by atoms with Gasteiger partial charge in [-0.15, -0.1) is 11.3 Å². The molecule has 4 heteroatoms. The van der Waals surface area contributed by atoms with Gasteiger partial charge in [-0.3, -0.25) is 0 Å². The minimum Gasteiger partial charge on any atom is -0.385 e. The minimum atomic E-state index is -0.542. The Morgan fingerprint density at radius 1 is 1.53 bits per heavy atom. The Hall–Kier alpha value is 0.100. The van der Waals surface area contributed by atoms with Gasteiger partial charge in [-0.2, -0.15) is 0 Å². The number of aliphatic hydroxyl groups excluding tert-OH is 1. The van der Waals surface area contributed by atoms with E-state index in [-0.39, 0.29) is 6.10 Å². The molecule has 0 radical (unpaired) electrons. The summed E-state index contributed by atoms with van der Waals surface area (Å²) in [6.07, 6.45) is -0.677. The average molecular weight is 293 g/mol. The van der Waals surface area contributed by atoms with E-state index in [1.54, 1.807) is 11.3 Å². The number of halogens is 1. The summed E-state index contributed by atoms with van der Waals surface area (Å²) in [7, 11) is 0. The van der Waals surface area contributed by atoms with Crippen molar-refractivity contribution in [2.24, 2.45) is 5.92 Å². The van der Waals surface area contributed by atoms with Crippen molar-refractivity contribution in [1.29, 1.82) is 0 Å². The summed E-state index contributed by atoms with van der Waals surface area (Å²) in [6.45, 7) is 6.70. The first-order valence-electron chi connectivity index (χ1n) is 5.10. The van der Waals surface area contributed by atoms with E-state index in [9.17, 15) is 5.11 Å². The van der Waals surface area contributed by atoms with Crippen molar-refractivity contribution >= 4 is 27.3 Å². The quantitative estimate of drug-likeness (QED) is 0.898. The van der Waals surface area contributed by atoms with Crippen LogP contribution >= 0.6 is 27.3 Å². The second-order valence-corrected chi connectivity index (χ2v) is 5.54. The van der Waals surface area contributed by atoms with Crippen LogP contribution in [-0.2, 0) is 4.74 Å². The molecule has 0 aliphatic heterocycles. The highest BCUT2D eigenvalue weighted by Gasteiger charge is 2.26. The lowest BCUT2D eigenvalue weighted by Gasteiger charge is -2.25. The highest BCUT2D eigenvalue weighted by atomic mass is 79.9. The van der Waals surface area contributed by atoms with Gasteiger partial charge in [0.15, 0.2) is 0 Å². The molecule has 0 amide bonds. The van der Waals surface area contributed by atoms with E-state index < -0.39 is 6.10 Å². The summed E-state index contributed by atoms with van der Waals surface area (Å²) in [5.41, 5.74) is 0. The van der Waals surface area contributed by atoms with Gasteiger partial charge in [-0.25, -0.2) is 0 Å². The number of aliphatic hydroxyl groups is 1. The fourth-order valence-electron chi connectivity index (χ4n) is 1.51. The maximum absolute atomic E-state index is 10.2. The molecular weight excluding hydrogens is 276 g/mol. The number of hydrogen-bond acceptors (Lipinski definition) is 3. The van der Waals surface area contributed by atoms with E-state index in [4.69, 9.17) is 4.74 Å². The highest BCUT2D eigenvalue weighted by Crippen LogP contribution is 2.33. The number of thiophene rings is 1. The van der Waals surface area contributed by atoms with Gasteiger partial charge in [0.05, 0.1) is 6.10 Å². The molecule has 0 saturated heterocycles. The molecule has 0 aliphatic rings. The SMILES string of the molecule is CCOC(C(C)C)C(O)c1sccc1Br. The fraction of sp³-hybridized carbons (Fsp3) is 0.636. The number of rotatable bonds is 5. The standard InChI is InChI=1S/C11H17BrO2S/c1-4-14-10(7(2)3)9(13)11-8(12)5-6-15-11/h5-7,9-10,13H,4H2,1-3H3. The summed E-state index contributed by atoms with van der Waals surface area (Å²) >= 11 is 4.98. The first kappa shape index (κ1) is 13.2. The predicted molar refractivity (Wildman–Crippen MR) is 67.2 cm³/mol. The Morgan fingerprint density at radius 2 is 2.20 bits per heavy atom. The lowest BCUT2D eigenvalue weighted by atomic mass is 10.0. The van der Waals surface area contributed by atoms with Gasteiger partial charge in [0.1, 0.15) is 6.10 Å². The summed E-state index contributed by atoms with van der Waals surface area (Å²) in [5, 5.41) is 12.2. The molecule has 86 valence electrons. The molecule has 0 aliphatic carbocycles. The van der Waals surface area contributed by atoms with E-state index in [1.807, 2.05) is 18.4 Å². The first-order chi connectivity index (χ1) is 7.07. The number of ether oxygens (including phenoxy) is 1. The van der Waals surface area contributed by atoms with E-state index in [2.05, 4.69) is 29.8 Å². The van der Waals surface area contributed by atoms with E-state index in [1.165, 1.54) is 0 Å².